The summed E-state index contributed by atoms with van der Waals surface area (Å²) in [5.74, 6) is 1.21. The zero-order valence-electron chi connectivity index (χ0n) is 12.5. The smallest absolute Gasteiger partial charge is 0.224 e. The van der Waals surface area contributed by atoms with E-state index < -0.39 is 0 Å². The molecule has 0 aliphatic carbocycles. The highest BCUT2D eigenvalue weighted by Crippen LogP contribution is 2.21. The highest BCUT2D eigenvalue weighted by Gasteiger charge is 2.17. The molecule has 0 saturated carbocycles. The molecule has 2 heterocycles. The van der Waals surface area contributed by atoms with E-state index in [4.69, 9.17) is 4.74 Å². The van der Waals surface area contributed by atoms with Gasteiger partial charge in [-0.1, -0.05) is 12.1 Å². The summed E-state index contributed by atoms with van der Waals surface area (Å²) in [5.41, 5.74) is 1.63. The first-order valence-electron chi connectivity index (χ1n) is 7.43. The number of carbonyl (C=O) groups excluding carboxylic acids is 1. The van der Waals surface area contributed by atoms with Crippen LogP contribution in [-0.2, 0) is 16.6 Å². The number of aryl methyl sites for hydroxylation is 1. The maximum atomic E-state index is 12.0. The van der Waals surface area contributed by atoms with E-state index in [2.05, 4.69) is 20.8 Å². The highest BCUT2D eigenvalue weighted by atomic mass is 16.5. The van der Waals surface area contributed by atoms with Crippen molar-refractivity contribution in [1.82, 2.24) is 20.2 Å². The molecule has 7 heteroatoms. The zero-order chi connectivity index (χ0) is 15.4. The topological polar surface area (TPSA) is 81.9 Å². The Hall–Kier alpha value is -2.28. The Labute approximate surface area is 128 Å². The summed E-state index contributed by atoms with van der Waals surface area (Å²) >= 11 is 0. The van der Waals surface area contributed by atoms with E-state index in [0.29, 0.717) is 18.2 Å². The first-order chi connectivity index (χ1) is 10.7. The molecule has 22 heavy (non-hydrogen) atoms. The Balaban J connectivity index is 1.60. The van der Waals surface area contributed by atoms with E-state index in [1.54, 1.807) is 11.7 Å². The molecule has 1 fully saturated rings. The number of nitrogens with zero attached hydrogens (tertiary/aromatic N) is 4. The number of carbonyl (C=O) groups is 1. The quantitative estimate of drug-likeness (QED) is 0.907. The second kappa shape index (κ2) is 6.65. The molecule has 1 unspecified atom stereocenters. The monoisotopic (exact) mass is 301 g/mol. The lowest BCUT2D eigenvalue weighted by Crippen LogP contribution is -2.13. The SMILES string of the molecule is Cn1nnnc1-c1cccc(NC(=O)CCC2CCOC2)c1. The summed E-state index contributed by atoms with van der Waals surface area (Å²) in [4.78, 5) is 12.0. The third-order valence-corrected chi connectivity index (χ3v) is 3.83. The summed E-state index contributed by atoms with van der Waals surface area (Å²) in [6.45, 7) is 1.60. The molecule has 1 saturated heterocycles. The fourth-order valence-corrected chi connectivity index (χ4v) is 2.58. The van der Waals surface area contributed by atoms with Crippen LogP contribution in [0.1, 0.15) is 19.3 Å². The standard InChI is InChI=1S/C15H19N5O2/c1-20-15(17-18-19-20)12-3-2-4-13(9-12)16-14(21)6-5-11-7-8-22-10-11/h2-4,9,11H,5-8,10H2,1H3,(H,16,21). The van der Waals surface area contributed by atoms with Gasteiger partial charge >= 0.3 is 0 Å². The minimum absolute atomic E-state index is 0.0279. The van der Waals surface area contributed by atoms with E-state index in [1.807, 2.05) is 24.3 Å². The summed E-state index contributed by atoms with van der Waals surface area (Å²) in [6, 6.07) is 7.54. The maximum Gasteiger partial charge on any atom is 0.224 e. The van der Waals surface area contributed by atoms with Crippen molar-refractivity contribution in [2.45, 2.75) is 19.3 Å². The van der Waals surface area contributed by atoms with Crippen LogP contribution >= 0.6 is 0 Å². The van der Waals surface area contributed by atoms with Gasteiger partial charge in [0.1, 0.15) is 0 Å². The van der Waals surface area contributed by atoms with Gasteiger partial charge in [0, 0.05) is 37.9 Å². The predicted molar refractivity (Wildman–Crippen MR) is 81.0 cm³/mol. The lowest BCUT2D eigenvalue weighted by molar-refractivity contribution is -0.116. The van der Waals surface area contributed by atoms with Gasteiger partial charge in [0.2, 0.25) is 5.91 Å². The molecule has 1 aromatic heterocycles. The molecule has 3 rings (SSSR count). The van der Waals surface area contributed by atoms with Gasteiger partial charge in [-0.3, -0.25) is 4.79 Å². The fraction of sp³-hybridized carbons (Fsp3) is 0.467. The van der Waals surface area contributed by atoms with Crippen molar-refractivity contribution in [3.63, 3.8) is 0 Å². The number of tetrazole rings is 1. The van der Waals surface area contributed by atoms with Crippen molar-refractivity contribution in [1.29, 1.82) is 0 Å². The Morgan fingerprint density at radius 2 is 2.41 bits per heavy atom. The van der Waals surface area contributed by atoms with Crippen LogP contribution in [-0.4, -0.2) is 39.3 Å². The van der Waals surface area contributed by atoms with Gasteiger partial charge in [0.15, 0.2) is 5.82 Å². The van der Waals surface area contributed by atoms with Crippen molar-refractivity contribution in [3.8, 4) is 11.4 Å². The van der Waals surface area contributed by atoms with Crippen LogP contribution < -0.4 is 5.32 Å². The molecule has 1 amide bonds. The molecule has 1 aromatic carbocycles. The number of ether oxygens (including phenoxy) is 1. The first-order valence-corrected chi connectivity index (χ1v) is 7.43. The van der Waals surface area contributed by atoms with Crippen LogP contribution in [0, 0.1) is 5.92 Å². The fourth-order valence-electron chi connectivity index (χ4n) is 2.58. The number of amides is 1. The van der Waals surface area contributed by atoms with E-state index >= 15 is 0 Å². The number of nitrogens with one attached hydrogen (secondary N) is 1. The van der Waals surface area contributed by atoms with E-state index in [-0.39, 0.29) is 5.91 Å². The summed E-state index contributed by atoms with van der Waals surface area (Å²) in [5, 5.41) is 14.3. The van der Waals surface area contributed by atoms with Gasteiger partial charge < -0.3 is 10.1 Å². The van der Waals surface area contributed by atoms with Crippen molar-refractivity contribution >= 4 is 11.6 Å². The second-order valence-corrected chi connectivity index (χ2v) is 5.52. The van der Waals surface area contributed by atoms with Crippen molar-refractivity contribution in [2.24, 2.45) is 13.0 Å². The molecule has 0 bridgehead atoms. The molecule has 1 aliphatic rings. The van der Waals surface area contributed by atoms with Gasteiger partial charge in [0.05, 0.1) is 0 Å². The number of anilines is 1. The number of hydrogen-bond acceptors (Lipinski definition) is 5. The number of aromatic nitrogens is 4. The third-order valence-electron chi connectivity index (χ3n) is 3.83. The van der Waals surface area contributed by atoms with Crippen LogP contribution in [0.25, 0.3) is 11.4 Å². The van der Waals surface area contributed by atoms with Crippen LogP contribution in [0.2, 0.25) is 0 Å². The third kappa shape index (κ3) is 3.48. The lowest BCUT2D eigenvalue weighted by atomic mass is 10.0. The molecule has 116 valence electrons. The minimum Gasteiger partial charge on any atom is -0.381 e. The largest absolute Gasteiger partial charge is 0.381 e. The van der Waals surface area contributed by atoms with E-state index in [1.165, 1.54) is 0 Å². The van der Waals surface area contributed by atoms with Gasteiger partial charge in [-0.05, 0) is 41.3 Å². The predicted octanol–water partition coefficient (Wildman–Crippen LogP) is 1.63. The Bertz CT molecular complexity index is 649. The van der Waals surface area contributed by atoms with Crippen LogP contribution in [0.3, 0.4) is 0 Å². The molecular weight excluding hydrogens is 282 g/mol. The van der Waals surface area contributed by atoms with E-state index in [9.17, 15) is 4.79 Å². The molecule has 1 aliphatic heterocycles. The summed E-state index contributed by atoms with van der Waals surface area (Å²) in [7, 11) is 1.78. The Morgan fingerprint density at radius 3 is 3.14 bits per heavy atom. The number of benzene rings is 1. The molecule has 0 radical (unpaired) electrons. The zero-order valence-corrected chi connectivity index (χ0v) is 12.5. The van der Waals surface area contributed by atoms with Crippen molar-refractivity contribution < 1.29 is 9.53 Å². The number of rotatable bonds is 5. The lowest BCUT2D eigenvalue weighted by Gasteiger charge is -2.09. The summed E-state index contributed by atoms with van der Waals surface area (Å²) < 4.78 is 6.92. The van der Waals surface area contributed by atoms with Crippen LogP contribution in [0.5, 0.6) is 0 Å². The van der Waals surface area contributed by atoms with Crippen molar-refractivity contribution in [2.75, 3.05) is 18.5 Å². The summed E-state index contributed by atoms with van der Waals surface area (Å²) in [6.07, 6.45) is 2.45. The maximum absolute atomic E-state index is 12.0. The van der Waals surface area contributed by atoms with Gasteiger partial charge in [-0.25, -0.2) is 4.68 Å². The molecule has 1 N–H and O–H groups in total. The molecular formula is C15H19N5O2. The van der Waals surface area contributed by atoms with Gasteiger partial charge in [-0.2, -0.15) is 0 Å². The second-order valence-electron chi connectivity index (χ2n) is 5.52. The van der Waals surface area contributed by atoms with Crippen molar-refractivity contribution in [3.05, 3.63) is 24.3 Å². The Morgan fingerprint density at radius 1 is 1.50 bits per heavy atom. The van der Waals surface area contributed by atoms with Gasteiger partial charge in [-0.15, -0.1) is 5.10 Å². The normalized spacial score (nSPS) is 17.6. The average molecular weight is 301 g/mol. The average Bonchev–Trinajstić information content (AvgIpc) is 3.16. The van der Waals surface area contributed by atoms with Crippen LogP contribution in [0.4, 0.5) is 5.69 Å². The van der Waals surface area contributed by atoms with Gasteiger partial charge in [0.25, 0.3) is 0 Å². The first kappa shape index (κ1) is 14.6. The number of hydrogen-bond donors (Lipinski definition) is 1. The van der Waals surface area contributed by atoms with E-state index in [0.717, 1.165) is 37.3 Å². The van der Waals surface area contributed by atoms with Crippen LogP contribution in [0.15, 0.2) is 24.3 Å². The Kier molecular flexibility index (Phi) is 4.43. The molecule has 7 nitrogen and oxygen atoms in total. The minimum atomic E-state index is 0.0279. The molecule has 0 spiro atoms. The molecule has 2 aromatic rings. The highest BCUT2D eigenvalue weighted by molar-refractivity contribution is 5.91. The molecule has 1 atom stereocenters.